The Bertz CT molecular complexity index is 589. The average molecular weight is 376 g/mol. The number of nitrogens with one attached hydrogen (secondary N) is 1. The predicted octanol–water partition coefficient (Wildman–Crippen LogP) is 2.90. The van der Waals surface area contributed by atoms with Crippen molar-refractivity contribution in [2.75, 3.05) is 13.3 Å². The molecule has 0 aliphatic heterocycles. The van der Waals surface area contributed by atoms with Crippen molar-refractivity contribution in [2.24, 2.45) is 0 Å². The third-order valence-electron chi connectivity index (χ3n) is 3.85. The lowest BCUT2D eigenvalue weighted by Gasteiger charge is -2.29. The SMILES string of the molecule is CNCc1ccc(OC2CCCC(S(C)(=O)=O)C2)c(Br)c1. The van der Waals surface area contributed by atoms with Crippen LogP contribution in [0.3, 0.4) is 0 Å². The molecule has 1 N–H and O–H groups in total. The van der Waals surface area contributed by atoms with Gasteiger partial charge < -0.3 is 10.1 Å². The second-order valence-electron chi connectivity index (χ2n) is 5.65. The molecule has 1 aromatic carbocycles. The standard InChI is InChI=1S/C15H22BrNO3S/c1-17-10-11-6-7-15(14(16)8-11)20-12-4-3-5-13(9-12)21(2,18)19/h6-8,12-13,17H,3-5,9-10H2,1-2H3. The van der Waals surface area contributed by atoms with Gasteiger partial charge in [0.05, 0.1) is 9.72 Å². The van der Waals surface area contributed by atoms with Crippen molar-refractivity contribution in [2.45, 2.75) is 43.6 Å². The minimum atomic E-state index is -2.98. The molecule has 0 amide bonds. The number of benzene rings is 1. The van der Waals surface area contributed by atoms with Gasteiger partial charge >= 0.3 is 0 Å². The fourth-order valence-corrected chi connectivity index (χ4v) is 4.41. The van der Waals surface area contributed by atoms with Gasteiger partial charge in [-0.05, 0) is 59.9 Å². The molecule has 118 valence electrons. The van der Waals surface area contributed by atoms with E-state index in [4.69, 9.17) is 4.74 Å². The highest BCUT2D eigenvalue weighted by Crippen LogP contribution is 2.31. The van der Waals surface area contributed by atoms with E-state index < -0.39 is 9.84 Å². The maximum absolute atomic E-state index is 11.7. The highest BCUT2D eigenvalue weighted by atomic mass is 79.9. The summed E-state index contributed by atoms with van der Waals surface area (Å²) in [6, 6.07) is 6.00. The summed E-state index contributed by atoms with van der Waals surface area (Å²) < 4.78 is 30.3. The monoisotopic (exact) mass is 375 g/mol. The Balaban J connectivity index is 2.04. The summed E-state index contributed by atoms with van der Waals surface area (Å²) in [7, 11) is -1.07. The highest BCUT2D eigenvalue weighted by molar-refractivity contribution is 9.10. The van der Waals surface area contributed by atoms with Crippen molar-refractivity contribution in [1.29, 1.82) is 0 Å². The summed E-state index contributed by atoms with van der Waals surface area (Å²) in [5, 5.41) is 2.84. The largest absolute Gasteiger partial charge is 0.489 e. The lowest BCUT2D eigenvalue weighted by atomic mass is 9.97. The minimum Gasteiger partial charge on any atom is -0.489 e. The van der Waals surface area contributed by atoms with Crippen LogP contribution in [0.15, 0.2) is 22.7 Å². The Morgan fingerprint density at radius 2 is 2.14 bits per heavy atom. The molecule has 1 aliphatic rings. The molecule has 1 aromatic rings. The number of sulfone groups is 1. The van der Waals surface area contributed by atoms with Gasteiger partial charge in [0.15, 0.2) is 0 Å². The first kappa shape index (κ1) is 16.8. The smallest absolute Gasteiger partial charge is 0.150 e. The van der Waals surface area contributed by atoms with E-state index in [1.54, 1.807) is 0 Å². The van der Waals surface area contributed by atoms with Crippen LogP contribution in [-0.4, -0.2) is 33.1 Å². The first-order chi connectivity index (χ1) is 9.90. The maximum atomic E-state index is 11.7. The van der Waals surface area contributed by atoms with E-state index in [0.29, 0.717) is 6.42 Å². The number of rotatable bonds is 5. The second kappa shape index (κ2) is 7.11. The van der Waals surface area contributed by atoms with Gasteiger partial charge in [-0.3, -0.25) is 0 Å². The summed E-state index contributed by atoms with van der Waals surface area (Å²) in [4.78, 5) is 0. The molecule has 1 fully saturated rings. The Morgan fingerprint density at radius 3 is 2.76 bits per heavy atom. The topological polar surface area (TPSA) is 55.4 Å². The fraction of sp³-hybridized carbons (Fsp3) is 0.600. The summed E-state index contributed by atoms with van der Waals surface area (Å²) >= 11 is 3.53. The van der Waals surface area contributed by atoms with Crippen molar-refractivity contribution < 1.29 is 13.2 Å². The Labute approximate surface area is 135 Å². The van der Waals surface area contributed by atoms with Crippen LogP contribution in [0.1, 0.15) is 31.2 Å². The number of hydrogen-bond donors (Lipinski definition) is 1. The van der Waals surface area contributed by atoms with Gasteiger partial charge in [-0.2, -0.15) is 0 Å². The normalized spacial score (nSPS) is 23.0. The van der Waals surface area contributed by atoms with Gasteiger partial charge in [-0.25, -0.2) is 8.42 Å². The molecule has 0 saturated heterocycles. The third kappa shape index (κ3) is 4.69. The molecule has 0 heterocycles. The highest BCUT2D eigenvalue weighted by Gasteiger charge is 2.30. The van der Waals surface area contributed by atoms with Crippen LogP contribution in [-0.2, 0) is 16.4 Å². The summed E-state index contributed by atoms with van der Waals surface area (Å²) in [5.74, 6) is 0.786. The zero-order chi connectivity index (χ0) is 15.5. The lowest BCUT2D eigenvalue weighted by Crippen LogP contribution is -2.33. The summed E-state index contributed by atoms with van der Waals surface area (Å²) in [6.07, 6.45) is 4.45. The number of ether oxygens (including phenoxy) is 1. The molecule has 0 bridgehead atoms. The Kier molecular flexibility index (Phi) is 5.68. The molecular weight excluding hydrogens is 354 g/mol. The molecular formula is C15H22BrNO3S. The van der Waals surface area contributed by atoms with E-state index in [2.05, 4.69) is 21.2 Å². The zero-order valence-corrected chi connectivity index (χ0v) is 14.8. The lowest BCUT2D eigenvalue weighted by molar-refractivity contribution is 0.155. The molecule has 0 spiro atoms. The van der Waals surface area contributed by atoms with E-state index >= 15 is 0 Å². The molecule has 0 aromatic heterocycles. The molecule has 2 unspecified atom stereocenters. The van der Waals surface area contributed by atoms with E-state index in [1.165, 1.54) is 11.8 Å². The molecule has 1 aliphatic carbocycles. The number of halogens is 1. The van der Waals surface area contributed by atoms with Gasteiger partial charge in [-0.15, -0.1) is 0 Å². The Hall–Kier alpha value is -0.590. The van der Waals surface area contributed by atoms with Gasteiger partial charge in [0, 0.05) is 19.2 Å². The molecule has 1 saturated carbocycles. The van der Waals surface area contributed by atoms with Crippen LogP contribution in [0.2, 0.25) is 0 Å². The fourth-order valence-electron chi connectivity index (χ4n) is 2.73. The third-order valence-corrected chi connectivity index (χ3v) is 6.11. The van der Waals surface area contributed by atoms with Crippen molar-refractivity contribution in [1.82, 2.24) is 5.32 Å². The molecule has 6 heteroatoms. The van der Waals surface area contributed by atoms with Crippen LogP contribution < -0.4 is 10.1 Å². The van der Waals surface area contributed by atoms with Gasteiger partial charge in [0.2, 0.25) is 0 Å². The summed E-state index contributed by atoms with van der Waals surface area (Å²) in [5.41, 5.74) is 1.18. The molecule has 2 rings (SSSR count). The van der Waals surface area contributed by atoms with Crippen LogP contribution in [0, 0.1) is 0 Å². The van der Waals surface area contributed by atoms with Gasteiger partial charge in [-0.1, -0.05) is 6.07 Å². The van der Waals surface area contributed by atoms with Crippen molar-refractivity contribution in [3.8, 4) is 5.75 Å². The van der Waals surface area contributed by atoms with E-state index in [1.807, 2.05) is 25.2 Å². The second-order valence-corrected chi connectivity index (χ2v) is 8.83. The maximum Gasteiger partial charge on any atom is 0.150 e. The Morgan fingerprint density at radius 1 is 1.38 bits per heavy atom. The predicted molar refractivity (Wildman–Crippen MR) is 88.4 cm³/mol. The molecule has 4 nitrogen and oxygen atoms in total. The summed E-state index contributed by atoms with van der Waals surface area (Å²) in [6.45, 7) is 0.804. The molecule has 0 radical (unpaired) electrons. The van der Waals surface area contributed by atoms with Crippen molar-refractivity contribution >= 4 is 25.8 Å². The molecule has 21 heavy (non-hydrogen) atoms. The van der Waals surface area contributed by atoms with Gasteiger partial charge in [0.25, 0.3) is 0 Å². The van der Waals surface area contributed by atoms with E-state index in [9.17, 15) is 8.42 Å². The van der Waals surface area contributed by atoms with E-state index in [0.717, 1.165) is 36.0 Å². The van der Waals surface area contributed by atoms with Crippen LogP contribution >= 0.6 is 15.9 Å². The minimum absolute atomic E-state index is 0.0232. The zero-order valence-electron chi connectivity index (χ0n) is 12.4. The van der Waals surface area contributed by atoms with Crippen molar-refractivity contribution in [3.63, 3.8) is 0 Å². The van der Waals surface area contributed by atoms with Gasteiger partial charge in [0.1, 0.15) is 21.7 Å². The van der Waals surface area contributed by atoms with Crippen LogP contribution in [0.4, 0.5) is 0 Å². The molecule has 2 atom stereocenters. The number of hydrogen-bond acceptors (Lipinski definition) is 4. The van der Waals surface area contributed by atoms with Crippen LogP contribution in [0.25, 0.3) is 0 Å². The average Bonchev–Trinajstić information content (AvgIpc) is 2.42. The van der Waals surface area contributed by atoms with Crippen LogP contribution in [0.5, 0.6) is 5.75 Å². The first-order valence-electron chi connectivity index (χ1n) is 7.18. The quantitative estimate of drug-likeness (QED) is 0.859. The first-order valence-corrected chi connectivity index (χ1v) is 9.93. The van der Waals surface area contributed by atoms with Crippen molar-refractivity contribution in [3.05, 3.63) is 28.2 Å². The van der Waals surface area contributed by atoms with E-state index in [-0.39, 0.29) is 11.4 Å².